The van der Waals surface area contributed by atoms with Gasteiger partial charge in [-0.3, -0.25) is 9.59 Å². The maximum Gasteiger partial charge on any atom is 0.272 e. The average molecular weight is 563 g/mol. The van der Waals surface area contributed by atoms with Crippen molar-refractivity contribution in [1.29, 1.82) is 0 Å². The summed E-state index contributed by atoms with van der Waals surface area (Å²) < 4.78 is 0. The van der Waals surface area contributed by atoms with Crippen LogP contribution in [0.25, 0.3) is 0 Å². The van der Waals surface area contributed by atoms with Crippen LogP contribution in [-0.4, -0.2) is 45.7 Å². The molecular weight excluding hydrogens is 528 g/mol. The number of carbonyl (C=O) groups excluding carboxylic acids is 2. The molecule has 2 amide bonds. The van der Waals surface area contributed by atoms with Gasteiger partial charge >= 0.3 is 0 Å². The van der Waals surface area contributed by atoms with E-state index in [4.69, 9.17) is 0 Å². The van der Waals surface area contributed by atoms with Crippen LogP contribution in [-0.2, 0) is 35.3 Å². The van der Waals surface area contributed by atoms with Crippen molar-refractivity contribution in [2.75, 3.05) is 0 Å². The largest absolute Gasteiger partial charge is 0.380 e. The first-order valence-electron chi connectivity index (χ1n) is 13.7. The van der Waals surface area contributed by atoms with E-state index in [-0.39, 0.29) is 0 Å². The van der Waals surface area contributed by atoms with Crippen LogP contribution < -0.4 is 10.9 Å². The lowest BCUT2D eigenvalue weighted by Gasteiger charge is -2.16. The zero-order valence-corrected chi connectivity index (χ0v) is 23.1. The van der Waals surface area contributed by atoms with Gasteiger partial charge in [-0.05, 0) is 22.3 Å². The summed E-state index contributed by atoms with van der Waals surface area (Å²) in [7, 11) is 0. The number of amides is 2. The fourth-order valence-electron chi connectivity index (χ4n) is 4.30. The first-order chi connectivity index (χ1) is 20.5. The maximum atomic E-state index is 12.7. The van der Waals surface area contributed by atoms with Gasteiger partial charge in [0.15, 0.2) is 12.2 Å². The molecule has 0 fully saturated rings. The SMILES string of the molecule is O=C(NN=C(Cc1ccccc1)Cc1ccccc1)[C@@H](O)[C@@H](O)C(=O)NN=C(Cc1ccccc1)Cc1ccccc1. The Hall–Kier alpha value is -4.92. The highest BCUT2D eigenvalue weighted by molar-refractivity contribution is 5.94. The number of rotatable bonds is 13. The van der Waals surface area contributed by atoms with Gasteiger partial charge in [-0.15, -0.1) is 0 Å². The molecule has 0 heterocycles. The Bertz CT molecular complexity index is 1280. The zero-order chi connectivity index (χ0) is 29.6. The zero-order valence-electron chi connectivity index (χ0n) is 23.1. The first kappa shape index (κ1) is 30.0. The van der Waals surface area contributed by atoms with E-state index in [2.05, 4.69) is 21.1 Å². The molecule has 0 unspecified atom stereocenters. The van der Waals surface area contributed by atoms with Crippen LogP contribution in [0.15, 0.2) is 132 Å². The second-order valence-corrected chi connectivity index (χ2v) is 9.85. The van der Waals surface area contributed by atoms with Crippen LogP contribution in [0.1, 0.15) is 22.3 Å². The van der Waals surface area contributed by atoms with Gasteiger partial charge in [0.05, 0.1) is 0 Å². The standard InChI is InChI=1S/C34H34N4O4/c39-31(33(41)37-35-29(21-25-13-5-1-6-14-25)22-26-15-7-2-8-16-26)32(40)34(42)38-36-30(23-27-17-9-3-10-18-27)24-28-19-11-4-12-20-28/h1-20,31-32,39-40H,21-24H2,(H,37,41)(H,38,42)/t31-,32+. The smallest absolute Gasteiger partial charge is 0.272 e. The Balaban J connectivity index is 1.40. The van der Waals surface area contributed by atoms with E-state index >= 15 is 0 Å². The number of hydrogen-bond acceptors (Lipinski definition) is 6. The predicted molar refractivity (Wildman–Crippen MR) is 164 cm³/mol. The first-order valence-corrected chi connectivity index (χ1v) is 13.7. The van der Waals surface area contributed by atoms with E-state index in [1.54, 1.807) is 0 Å². The highest BCUT2D eigenvalue weighted by atomic mass is 16.3. The molecule has 2 atom stereocenters. The Morgan fingerprint density at radius 2 is 0.714 bits per heavy atom. The van der Waals surface area contributed by atoms with Crippen LogP contribution in [0.3, 0.4) is 0 Å². The van der Waals surface area contributed by atoms with E-state index in [0.29, 0.717) is 37.1 Å². The summed E-state index contributed by atoms with van der Waals surface area (Å²) in [6.45, 7) is 0. The molecule has 0 spiro atoms. The van der Waals surface area contributed by atoms with E-state index in [0.717, 1.165) is 22.3 Å². The number of aliphatic hydroxyl groups excluding tert-OH is 2. The van der Waals surface area contributed by atoms with Crippen molar-refractivity contribution < 1.29 is 19.8 Å². The molecule has 4 aromatic carbocycles. The third-order valence-electron chi connectivity index (χ3n) is 6.49. The maximum absolute atomic E-state index is 12.7. The molecule has 0 aliphatic heterocycles. The average Bonchev–Trinajstić information content (AvgIpc) is 3.03. The predicted octanol–water partition coefficient (Wildman–Crippen LogP) is 3.62. The van der Waals surface area contributed by atoms with Crippen molar-refractivity contribution in [3.8, 4) is 0 Å². The normalized spacial score (nSPS) is 12.0. The minimum Gasteiger partial charge on any atom is -0.380 e. The molecule has 0 aliphatic carbocycles. The topological polar surface area (TPSA) is 123 Å². The summed E-state index contributed by atoms with van der Waals surface area (Å²) in [4.78, 5) is 25.3. The number of hydrazone groups is 2. The number of carbonyl (C=O) groups is 2. The van der Waals surface area contributed by atoms with Gasteiger partial charge in [0, 0.05) is 37.1 Å². The molecule has 0 radical (unpaired) electrons. The minimum atomic E-state index is -2.05. The quantitative estimate of drug-likeness (QED) is 0.147. The monoisotopic (exact) mass is 562 g/mol. The molecule has 0 saturated carbocycles. The van der Waals surface area contributed by atoms with Crippen molar-refractivity contribution in [1.82, 2.24) is 10.9 Å². The lowest BCUT2D eigenvalue weighted by Crippen LogP contribution is -2.48. The number of aliphatic hydroxyl groups is 2. The van der Waals surface area contributed by atoms with Crippen LogP contribution in [0, 0.1) is 0 Å². The lowest BCUT2D eigenvalue weighted by molar-refractivity contribution is -0.146. The van der Waals surface area contributed by atoms with Gasteiger partial charge in [0.2, 0.25) is 0 Å². The van der Waals surface area contributed by atoms with E-state index < -0.39 is 24.0 Å². The molecule has 8 heteroatoms. The van der Waals surface area contributed by atoms with Gasteiger partial charge < -0.3 is 10.2 Å². The summed E-state index contributed by atoms with van der Waals surface area (Å²) in [6.07, 6.45) is -2.23. The molecule has 4 aromatic rings. The molecule has 8 nitrogen and oxygen atoms in total. The van der Waals surface area contributed by atoms with Crippen molar-refractivity contribution in [3.05, 3.63) is 144 Å². The summed E-state index contributed by atoms with van der Waals surface area (Å²) >= 11 is 0. The number of nitrogens with one attached hydrogen (secondary N) is 2. The fourth-order valence-corrected chi connectivity index (χ4v) is 4.30. The third-order valence-corrected chi connectivity index (χ3v) is 6.49. The molecule has 214 valence electrons. The highest BCUT2D eigenvalue weighted by Crippen LogP contribution is 2.09. The molecule has 0 saturated heterocycles. The van der Waals surface area contributed by atoms with Crippen LogP contribution >= 0.6 is 0 Å². The Morgan fingerprint density at radius 3 is 0.952 bits per heavy atom. The third kappa shape index (κ3) is 9.62. The summed E-state index contributed by atoms with van der Waals surface area (Å²) in [5.41, 5.74) is 9.91. The van der Waals surface area contributed by atoms with Gasteiger partial charge in [-0.2, -0.15) is 10.2 Å². The van der Waals surface area contributed by atoms with Crippen molar-refractivity contribution in [2.24, 2.45) is 10.2 Å². The summed E-state index contributed by atoms with van der Waals surface area (Å²) in [6, 6.07) is 38.6. The van der Waals surface area contributed by atoms with Gasteiger partial charge in [-0.25, -0.2) is 10.9 Å². The van der Waals surface area contributed by atoms with E-state index in [1.807, 2.05) is 121 Å². The molecule has 0 aliphatic rings. The molecule has 42 heavy (non-hydrogen) atoms. The molecule has 4 N–H and O–H groups in total. The Morgan fingerprint density at radius 1 is 0.476 bits per heavy atom. The summed E-state index contributed by atoms with van der Waals surface area (Å²) in [5, 5.41) is 29.4. The van der Waals surface area contributed by atoms with Crippen molar-refractivity contribution in [3.63, 3.8) is 0 Å². The second kappa shape index (κ2) is 15.8. The highest BCUT2D eigenvalue weighted by Gasteiger charge is 2.30. The number of benzene rings is 4. The summed E-state index contributed by atoms with van der Waals surface area (Å²) in [5.74, 6) is -2.01. The van der Waals surface area contributed by atoms with Gasteiger partial charge in [0.1, 0.15) is 0 Å². The van der Waals surface area contributed by atoms with E-state index in [9.17, 15) is 19.8 Å². The van der Waals surface area contributed by atoms with Crippen LogP contribution in [0.2, 0.25) is 0 Å². The van der Waals surface area contributed by atoms with Crippen LogP contribution in [0.4, 0.5) is 0 Å². The van der Waals surface area contributed by atoms with Crippen LogP contribution in [0.5, 0.6) is 0 Å². The second-order valence-electron chi connectivity index (χ2n) is 9.85. The number of nitrogens with zero attached hydrogens (tertiary/aromatic N) is 2. The number of hydrogen-bond donors (Lipinski definition) is 4. The Kier molecular flexibility index (Phi) is 11.3. The Labute approximate surface area is 245 Å². The molecular formula is C34H34N4O4. The lowest BCUT2D eigenvalue weighted by atomic mass is 10.0. The fraction of sp³-hybridized carbons (Fsp3) is 0.176. The van der Waals surface area contributed by atoms with Crippen molar-refractivity contribution in [2.45, 2.75) is 37.9 Å². The van der Waals surface area contributed by atoms with Crippen molar-refractivity contribution >= 4 is 23.2 Å². The molecule has 0 aromatic heterocycles. The van der Waals surface area contributed by atoms with E-state index in [1.165, 1.54) is 0 Å². The molecule has 4 rings (SSSR count). The van der Waals surface area contributed by atoms with Gasteiger partial charge in [0.25, 0.3) is 11.8 Å². The molecule has 0 bridgehead atoms. The minimum absolute atomic E-state index is 0.468. The van der Waals surface area contributed by atoms with Gasteiger partial charge in [-0.1, -0.05) is 121 Å².